The van der Waals surface area contributed by atoms with Gasteiger partial charge in [0.1, 0.15) is 0 Å². The zero-order valence-corrected chi connectivity index (χ0v) is 38.6. The van der Waals surface area contributed by atoms with Crippen LogP contribution in [-0.4, -0.2) is 0 Å². The van der Waals surface area contributed by atoms with Crippen molar-refractivity contribution in [1.82, 2.24) is 0 Å². The second kappa shape index (κ2) is 14.7. The molecule has 2 heteroatoms. The average Bonchev–Trinajstić information content (AvgIpc) is 3.58. The number of fused-ring (bicyclic) bond motifs is 10. The van der Waals surface area contributed by atoms with E-state index in [1.807, 2.05) is 0 Å². The molecular weight excluding hydrogens is 761 g/mol. The molecule has 0 aliphatic heterocycles. The highest BCUT2D eigenvalue weighted by atomic mass is 15.1. The lowest BCUT2D eigenvalue weighted by atomic mass is 9.49. The molecule has 9 aromatic rings. The van der Waals surface area contributed by atoms with Crippen molar-refractivity contribution in [2.75, 3.05) is 9.80 Å². The summed E-state index contributed by atoms with van der Waals surface area (Å²) in [7, 11) is 0. The molecule has 312 valence electrons. The van der Waals surface area contributed by atoms with Gasteiger partial charge in [0.15, 0.2) is 0 Å². The Bertz CT molecular complexity index is 3180. The third-order valence-corrected chi connectivity index (χ3v) is 13.8. The van der Waals surface area contributed by atoms with Crippen LogP contribution in [0.4, 0.5) is 34.1 Å². The van der Waals surface area contributed by atoms with E-state index in [0.717, 1.165) is 17.1 Å². The smallest absolute Gasteiger partial charge is 0.0543 e. The van der Waals surface area contributed by atoms with Crippen molar-refractivity contribution >= 4 is 66.4 Å². The molecule has 0 spiro atoms. The van der Waals surface area contributed by atoms with Crippen LogP contribution >= 0.6 is 0 Å². The van der Waals surface area contributed by atoms with Gasteiger partial charge in [-0.05, 0) is 177 Å². The first-order valence-corrected chi connectivity index (χ1v) is 22.6. The van der Waals surface area contributed by atoms with Crippen LogP contribution in [0.5, 0.6) is 0 Å². The van der Waals surface area contributed by atoms with Crippen LogP contribution in [-0.2, 0) is 5.41 Å². The van der Waals surface area contributed by atoms with Crippen molar-refractivity contribution in [3.8, 4) is 11.1 Å². The molecule has 0 radical (unpaired) electrons. The second-order valence-electron chi connectivity index (χ2n) is 20.2. The lowest BCUT2D eigenvalue weighted by molar-refractivity contribution is 0.0965. The Morgan fingerprint density at radius 2 is 0.778 bits per heavy atom. The highest BCUT2D eigenvalue weighted by Gasteiger charge is 2.59. The molecule has 0 amide bonds. The van der Waals surface area contributed by atoms with Gasteiger partial charge in [0.25, 0.3) is 0 Å². The minimum absolute atomic E-state index is 0.203. The summed E-state index contributed by atoms with van der Waals surface area (Å²) in [5.41, 5.74) is 16.8. The molecule has 0 bridgehead atoms. The molecule has 0 heterocycles. The number of rotatable bonds is 6. The zero-order chi connectivity index (χ0) is 44.0. The highest BCUT2D eigenvalue weighted by molar-refractivity contribution is 6.23. The van der Waals surface area contributed by atoms with Gasteiger partial charge in [-0.3, -0.25) is 0 Å². The first-order chi connectivity index (χ1) is 30.2. The summed E-state index contributed by atoms with van der Waals surface area (Å²) in [6, 6.07) is 63.9. The largest absolute Gasteiger partial charge is 0.310 e. The molecule has 9 aromatic carbocycles. The number of anilines is 6. The Morgan fingerprint density at radius 1 is 0.333 bits per heavy atom. The van der Waals surface area contributed by atoms with Crippen molar-refractivity contribution in [3.05, 3.63) is 203 Å². The average molecular weight is 819 g/mol. The normalized spacial score (nSPS) is 13.4. The van der Waals surface area contributed by atoms with Gasteiger partial charge in [-0.2, -0.15) is 0 Å². The standard InChI is InChI=1S/C61H58N2/c1-39-31-40(2)34-46(33-39)62(43-21-13-11-14-22-43)45-29-30-52-53(37-45)48-25-17-19-27-50(48)57-56-51-28-20-18-26-49(51)55(38-54(56)61(58(52)57,59(5,6)7)60(8,9)10)63(44-23-15-12-16-24-44)47-35-41(3)32-42(4)36-47/h11-38H,1-10H3. The predicted octanol–water partition coefficient (Wildman–Crippen LogP) is 17.7. The molecule has 0 saturated carbocycles. The summed E-state index contributed by atoms with van der Waals surface area (Å²) >= 11 is 0. The number of para-hydroxylation sites is 2. The maximum atomic E-state index is 2.60. The zero-order valence-electron chi connectivity index (χ0n) is 38.6. The molecule has 10 rings (SSSR count). The molecule has 2 nitrogen and oxygen atoms in total. The summed E-state index contributed by atoms with van der Waals surface area (Å²) in [5.74, 6) is 0. The van der Waals surface area contributed by atoms with Crippen LogP contribution in [0.2, 0.25) is 0 Å². The van der Waals surface area contributed by atoms with E-state index in [4.69, 9.17) is 0 Å². The molecule has 0 unspecified atom stereocenters. The number of nitrogens with zero attached hydrogens (tertiary/aromatic N) is 2. The molecular formula is C61H58N2. The Morgan fingerprint density at radius 3 is 1.30 bits per heavy atom. The summed E-state index contributed by atoms with van der Waals surface area (Å²) in [4.78, 5) is 4.94. The van der Waals surface area contributed by atoms with Gasteiger partial charge in [0, 0.05) is 39.2 Å². The van der Waals surface area contributed by atoms with Gasteiger partial charge in [-0.25, -0.2) is 0 Å². The lowest BCUT2D eigenvalue weighted by Crippen LogP contribution is -2.50. The summed E-state index contributed by atoms with van der Waals surface area (Å²) in [6.45, 7) is 23.7. The Balaban J connectivity index is 1.35. The maximum Gasteiger partial charge on any atom is 0.0543 e. The minimum Gasteiger partial charge on any atom is -0.310 e. The highest BCUT2D eigenvalue weighted by Crippen LogP contribution is 2.69. The van der Waals surface area contributed by atoms with E-state index < -0.39 is 5.41 Å². The third kappa shape index (κ3) is 6.29. The van der Waals surface area contributed by atoms with E-state index in [9.17, 15) is 0 Å². The summed E-state index contributed by atoms with van der Waals surface area (Å²) < 4.78 is 0. The monoisotopic (exact) mass is 818 g/mol. The molecule has 0 saturated heterocycles. The van der Waals surface area contributed by atoms with E-state index in [-0.39, 0.29) is 10.8 Å². The van der Waals surface area contributed by atoms with E-state index in [1.54, 1.807) is 0 Å². The Labute approximate surface area is 374 Å². The van der Waals surface area contributed by atoms with Crippen LogP contribution in [0.1, 0.15) is 74.9 Å². The molecule has 0 fully saturated rings. The fourth-order valence-electron chi connectivity index (χ4n) is 12.1. The Hall–Kier alpha value is -6.64. The predicted molar refractivity (Wildman–Crippen MR) is 272 cm³/mol. The number of aryl methyl sites for hydroxylation is 4. The van der Waals surface area contributed by atoms with E-state index >= 15 is 0 Å². The van der Waals surface area contributed by atoms with Crippen molar-refractivity contribution in [2.45, 2.75) is 74.7 Å². The first kappa shape index (κ1) is 40.4. The molecule has 0 N–H and O–H groups in total. The Kier molecular flexibility index (Phi) is 9.46. The van der Waals surface area contributed by atoms with Gasteiger partial charge in [-0.1, -0.05) is 145 Å². The number of hydrogen-bond acceptors (Lipinski definition) is 2. The molecule has 1 aliphatic carbocycles. The van der Waals surface area contributed by atoms with Crippen LogP contribution < -0.4 is 9.80 Å². The van der Waals surface area contributed by atoms with Crippen molar-refractivity contribution in [1.29, 1.82) is 0 Å². The van der Waals surface area contributed by atoms with Gasteiger partial charge < -0.3 is 9.80 Å². The lowest BCUT2D eigenvalue weighted by Gasteiger charge is -2.53. The SMILES string of the molecule is Cc1cc(C)cc(N(c2ccccc2)c2ccc3c4c(c5ccccc5c3c2)-c2c(cc(N(c3ccccc3)c3cc(C)cc(C)c3)c3ccccc23)C4(C(C)(C)C)C(C)(C)C)c1. The first-order valence-electron chi connectivity index (χ1n) is 22.6. The summed E-state index contributed by atoms with van der Waals surface area (Å²) in [6.07, 6.45) is 0. The number of benzene rings is 9. The molecule has 63 heavy (non-hydrogen) atoms. The fraction of sp³-hybridized carbons (Fsp3) is 0.213. The molecule has 1 aliphatic rings. The topological polar surface area (TPSA) is 6.48 Å². The van der Waals surface area contributed by atoms with Crippen molar-refractivity contribution < 1.29 is 0 Å². The van der Waals surface area contributed by atoms with Crippen molar-refractivity contribution in [2.24, 2.45) is 10.8 Å². The minimum atomic E-state index is -0.412. The fourth-order valence-corrected chi connectivity index (χ4v) is 12.1. The quantitative estimate of drug-likeness (QED) is 0.154. The van der Waals surface area contributed by atoms with E-state index in [0.29, 0.717) is 0 Å². The maximum absolute atomic E-state index is 2.60. The van der Waals surface area contributed by atoms with E-state index in [1.165, 1.54) is 93.9 Å². The van der Waals surface area contributed by atoms with Gasteiger partial charge in [-0.15, -0.1) is 0 Å². The van der Waals surface area contributed by atoms with Gasteiger partial charge in [0.2, 0.25) is 0 Å². The van der Waals surface area contributed by atoms with Crippen molar-refractivity contribution in [3.63, 3.8) is 0 Å². The number of hydrogen-bond donors (Lipinski definition) is 0. The van der Waals surface area contributed by atoms with Crippen LogP contribution in [0.15, 0.2) is 170 Å². The molecule has 0 aromatic heterocycles. The van der Waals surface area contributed by atoms with Gasteiger partial charge in [0.05, 0.1) is 5.69 Å². The molecule has 0 atom stereocenters. The van der Waals surface area contributed by atoms with Crippen LogP contribution in [0.25, 0.3) is 43.4 Å². The third-order valence-electron chi connectivity index (χ3n) is 13.8. The van der Waals surface area contributed by atoms with Gasteiger partial charge >= 0.3 is 0 Å². The van der Waals surface area contributed by atoms with Crippen LogP contribution in [0.3, 0.4) is 0 Å². The van der Waals surface area contributed by atoms with E-state index in [2.05, 4.69) is 249 Å². The van der Waals surface area contributed by atoms with Crippen LogP contribution in [0, 0.1) is 38.5 Å². The second-order valence-corrected chi connectivity index (χ2v) is 20.2. The summed E-state index contributed by atoms with van der Waals surface area (Å²) in [5, 5.41) is 7.72.